The fraction of sp³-hybridized carbons (Fsp3) is 0.500. The van der Waals surface area contributed by atoms with E-state index in [0.29, 0.717) is 12.2 Å². The zero-order chi connectivity index (χ0) is 28.2. The smallest absolute Gasteiger partial charge is 0.338 e. The van der Waals surface area contributed by atoms with Crippen molar-refractivity contribution >= 4 is 5.97 Å². The molecule has 0 atom stereocenters. The maximum Gasteiger partial charge on any atom is 0.338 e. The monoisotopic (exact) mass is 538 g/mol. The summed E-state index contributed by atoms with van der Waals surface area (Å²) < 4.78 is 5.42. The van der Waals surface area contributed by atoms with Crippen molar-refractivity contribution in [3.8, 4) is 22.3 Å². The number of rotatable bonds is 17. The lowest BCUT2D eigenvalue weighted by Gasteiger charge is -2.33. The second-order valence-electron chi connectivity index (χ2n) is 11.7. The maximum absolute atomic E-state index is 12.9. The summed E-state index contributed by atoms with van der Waals surface area (Å²) in [7, 11) is 0. The molecule has 0 amide bonds. The van der Waals surface area contributed by atoms with Gasteiger partial charge in [0, 0.05) is 5.41 Å². The number of esters is 1. The Morgan fingerprint density at radius 3 is 1.80 bits per heavy atom. The first kappa shape index (κ1) is 30.1. The van der Waals surface area contributed by atoms with Crippen LogP contribution in [0.3, 0.4) is 0 Å². The van der Waals surface area contributed by atoms with Crippen LogP contribution in [0.15, 0.2) is 66.7 Å². The lowest BCUT2D eigenvalue weighted by molar-refractivity contribution is 0.0527. The molecule has 0 aromatic heterocycles. The molecule has 0 aliphatic heterocycles. The average Bonchev–Trinajstić information content (AvgIpc) is 3.26. The van der Waals surface area contributed by atoms with E-state index < -0.39 is 0 Å². The van der Waals surface area contributed by atoms with E-state index in [9.17, 15) is 4.79 Å². The molecule has 4 rings (SSSR count). The van der Waals surface area contributed by atoms with Gasteiger partial charge in [0.2, 0.25) is 0 Å². The lowest BCUT2D eigenvalue weighted by Crippen LogP contribution is -2.25. The molecule has 0 fully saturated rings. The maximum atomic E-state index is 12.9. The summed E-state index contributed by atoms with van der Waals surface area (Å²) in [5.41, 5.74) is 8.53. The fourth-order valence-electron chi connectivity index (χ4n) is 6.82. The summed E-state index contributed by atoms with van der Waals surface area (Å²) in [5, 5.41) is 0. The van der Waals surface area contributed by atoms with Crippen molar-refractivity contribution in [2.24, 2.45) is 0 Å². The molecule has 3 aromatic rings. The molecule has 0 radical (unpaired) electrons. The van der Waals surface area contributed by atoms with Crippen molar-refractivity contribution < 1.29 is 9.53 Å². The van der Waals surface area contributed by atoms with Crippen LogP contribution in [-0.4, -0.2) is 12.6 Å². The number of hydrogen-bond donors (Lipinski definition) is 0. The van der Waals surface area contributed by atoms with Crippen LogP contribution in [0.1, 0.15) is 132 Å². The van der Waals surface area contributed by atoms with E-state index in [4.69, 9.17) is 4.74 Å². The Balaban J connectivity index is 1.71. The molecule has 0 N–H and O–H groups in total. The first-order chi connectivity index (χ1) is 19.7. The van der Waals surface area contributed by atoms with Gasteiger partial charge in [0.1, 0.15) is 0 Å². The van der Waals surface area contributed by atoms with Gasteiger partial charge in [0.05, 0.1) is 12.2 Å². The van der Waals surface area contributed by atoms with Crippen molar-refractivity contribution in [2.75, 3.05) is 6.61 Å². The second kappa shape index (κ2) is 15.2. The zero-order valence-corrected chi connectivity index (χ0v) is 25.3. The SMILES string of the molecule is CCCCCCCCC1(CCCCCCCC)c2ccccc2-c2ccc(-c3ccccc3C(=O)OCC)cc21. The largest absolute Gasteiger partial charge is 0.462 e. The highest BCUT2D eigenvalue weighted by atomic mass is 16.5. The van der Waals surface area contributed by atoms with Crippen LogP contribution in [-0.2, 0) is 10.2 Å². The van der Waals surface area contributed by atoms with Gasteiger partial charge in [0.25, 0.3) is 0 Å². The Bertz CT molecular complexity index is 1210. The molecule has 0 spiro atoms. The van der Waals surface area contributed by atoms with Crippen molar-refractivity contribution in [1.29, 1.82) is 0 Å². The third kappa shape index (κ3) is 6.88. The molecular formula is C38H50O2. The van der Waals surface area contributed by atoms with Crippen LogP contribution in [0, 0.1) is 0 Å². The van der Waals surface area contributed by atoms with Gasteiger partial charge in [-0.3, -0.25) is 0 Å². The minimum Gasteiger partial charge on any atom is -0.462 e. The van der Waals surface area contributed by atoms with Gasteiger partial charge in [-0.15, -0.1) is 0 Å². The summed E-state index contributed by atoms with van der Waals surface area (Å²) in [6.45, 7) is 6.83. The van der Waals surface area contributed by atoms with E-state index >= 15 is 0 Å². The van der Waals surface area contributed by atoms with E-state index in [2.05, 4.69) is 62.4 Å². The molecule has 0 saturated carbocycles. The van der Waals surface area contributed by atoms with Gasteiger partial charge in [-0.25, -0.2) is 4.79 Å². The van der Waals surface area contributed by atoms with Gasteiger partial charge in [-0.2, -0.15) is 0 Å². The number of fused-ring (bicyclic) bond motifs is 3. The Morgan fingerprint density at radius 1 is 0.600 bits per heavy atom. The predicted octanol–water partition coefficient (Wildman–Crippen LogP) is 11.3. The molecule has 0 unspecified atom stereocenters. The molecular weight excluding hydrogens is 488 g/mol. The lowest BCUT2D eigenvalue weighted by atomic mass is 9.70. The normalized spacial score (nSPS) is 13.2. The van der Waals surface area contributed by atoms with Crippen molar-refractivity contribution in [2.45, 2.75) is 116 Å². The number of hydrogen-bond acceptors (Lipinski definition) is 2. The van der Waals surface area contributed by atoms with Crippen LogP contribution in [0.5, 0.6) is 0 Å². The standard InChI is InChI=1S/C38H50O2/c1-4-7-9-11-13-19-27-38(28-20-14-12-10-8-5-2)35-24-18-17-22-32(35)33-26-25-30(29-36(33)38)31-21-15-16-23-34(31)37(39)40-6-3/h15-18,21-26,29H,4-14,19-20,27-28H2,1-3H3. The fourth-order valence-corrected chi connectivity index (χ4v) is 6.82. The highest BCUT2D eigenvalue weighted by Crippen LogP contribution is 2.55. The van der Waals surface area contributed by atoms with E-state index in [-0.39, 0.29) is 11.4 Å². The summed E-state index contributed by atoms with van der Waals surface area (Å²) in [6.07, 6.45) is 18.2. The molecule has 1 aliphatic rings. The van der Waals surface area contributed by atoms with E-state index in [0.717, 1.165) is 11.1 Å². The number of carbonyl (C=O) groups is 1. The molecule has 214 valence electrons. The van der Waals surface area contributed by atoms with E-state index in [1.807, 2.05) is 25.1 Å². The van der Waals surface area contributed by atoms with Crippen molar-refractivity contribution in [3.63, 3.8) is 0 Å². The van der Waals surface area contributed by atoms with Crippen LogP contribution in [0.2, 0.25) is 0 Å². The van der Waals surface area contributed by atoms with Gasteiger partial charge in [-0.05, 0) is 65.3 Å². The van der Waals surface area contributed by atoms with Crippen molar-refractivity contribution in [3.05, 3.63) is 83.4 Å². The number of unbranched alkanes of at least 4 members (excludes halogenated alkanes) is 10. The predicted molar refractivity (Wildman–Crippen MR) is 170 cm³/mol. The molecule has 2 nitrogen and oxygen atoms in total. The first-order valence-electron chi connectivity index (χ1n) is 16.2. The Labute approximate surface area is 243 Å². The molecule has 40 heavy (non-hydrogen) atoms. The van der Waals surface area contributed by atoms with Gasteiger partial charge in [0.15, 0.2) is 0 Å². The van der Waals surface area contributed by atoms with Crippen LogP contribution in [0.4, 0.5) is 0 Å². The molecule has 0 saturated heterocycles. The molecule has 1 aliphatic carbocycles. The first-order valence-corrected chi connectivity index (χ1v) is 16.2. The minimum absolute atomic E-state index is 0.0380. The van der Waals surface area contributed by atoms with E-state index in [1.165, 1.54) is 112 Å². The topological polar surface area (TPSA) is 26.3 Å². The molecule has 3 aromatic carbocycles. The third-order valence-electron chi connectivity index (χ3n) is 8.92. The third-order valence-corrected chi connectivity index (χ3v) is 8.92. The highest BCUT2D eigenvalue weighted by molar-refractivity contribution is 5.98. The van der Waals surface area contributed by atoms with Crippen LogP contribution >= 0.6 is 0 Å². The molecule has 2 heteroatoms. The molecule has 0 heterocycles. The summed E-state index contributed by atoms with van der Waals surface area (Å²) >= 11 is 0. The molecule has 0 bridgehead atoms. The highest BCUT2D eigenvalue weighted by Gasteiger charge is 2.42. The Morgan fingerprint density at radius 2 is 1.15 bits per heavy atom. The summed E-state index contributed by atoms with van der Waals surface area (Å²) in [4.78, 5) is 12.9. The van der Waals surface area contributed by atoms with Crippen molar-refractivity contribution in [1.82, 2.24) is 0 Å². The van der Waals surface area contributed by atoms with Gasteiger partial charge < -0.3 is 4.74 Å². The summed E-state index contributed by atoms with van der Waals surface area (Å²) in [5.74, 6) is -0.243. The quantitative estimate of drug-likeness (QED) is 0.126. The Kier molecular flexibility index (Phi) is 11.5. The summed E-state index contributed by atoms with van der Waals surface area (Å²) in [6, 6.07) is 24.0. The van der Waals surface area contributed by atoms with Gasteiger partial charge >= 0.3 is 5.97 Å². The number of carbonyl (C=O) groups excluding carboxylic acids is 1. The average molecular weight is 539 g/mol. The minimum atomic E-state index is -0.243. The zero-order valence-electron chi connectivity index (χ0n) is 25.3. The van der Waals surface area contributed by atoms with E-state index in [1.54, 1.807) is 0 Å². The van der Waals surface area contributed by atoms with Crippen LogP contribution in [0.25, 0.3) is 22.3 Å². The second-order valence-corrected chi connectivity index (χ2v) is 11.7. The Hall–Kier alpha value is -2.87. The number of benzene rings is 3. The van der Waals surface area contributed by atoms with Gasteiger partial charge in [-0.1, -0.05) is 145 Å². The number of ether oxygens (including phenoxy) is 1. The van der Waals surface area contributed by atoms with Crippen LogP contribution < -0.4 is 0 Å².